The zero-order chi connectivity index (χ0) is 13.3. The highest BCUT2D eigenvalue weighted by atomic mass is 16.2. The molecule has 4 heteroatoms. The van der Waals surface area contributed by atoms with E-state index in [1.807, 2.05) is 6.92 Å². The van der Waals surface area contributed by atoms with Crippen molar-refractivity contribution in [2.45, 2.75) is 51.6 Å². The summed E-state index contributed by atoms with van der Waals surface area (Å²) in [6.45, 7) is 4.11. The smallest absolute Gasteiger partial charge is 0.346 e. The predicted molar refractivity (Wildman–Crippen MR) is 72.1 cm³/mol. The Hall–Kier alpha value is -1.50. The first-order chi connectivity index (χ1) is 8.54. The van der Waals surface area contributed by atoms with Gasteiger partial charge in [-0.1, -0.05) is 25.7 Å². The lowest BCUT2D eigenvalue weighted by Gasteiger charge is -2.37. The second kappa shape index (κ2) is 5.01. The molecule has 2 amide bonds. The van der Waals surface area contributed by atoms with Crippen LogP contribution in [0.2, 0.25) is 0 Å². The van der Waals surface area contributed by atoms with Crippen LogP contribution in [0.25, 0.3) is 0 Å². The topological polar surface area (TPSA) is 58.7 Å². The van der Waals surface area contributed by atoms with Crippen LogP contribution in [0.1, 0.15) is 39.5 Å². The highest BCUT2D eigenvalue weighted by Gasteiger charge is 2.41. The molecule has 4 unspecified atom stereocenters. The average molecular weight is 247 g/mol. The molecule has 4 nitrogen and oxygen atoms in total. The minimum Gasteiger partial charge on any atom is -0.385 e. The van der Waals surface area contributed by atoms with Crippen molar-refractivity contribution < 1.29 is 4.79 Å². The van der Waals surface area contributed by atoms with Gasteiger partial charge in [0.1, 0.15) is 5.84 Å². The van der Waals surface area contributed by atoms with Gasteiger partial charge >= 0.3 is 6.03 Å². The second-order valence-electron chi connectivity index (χ2n) is 5.55. The number of nitrogens with two attached hydrogens (primary N) is 1. The van der Waals surface area contributed by atoms with Crippen LogP contribution in [0, 0.1) is 24.2 Å². The zero-order valence-electron chi connectivity index (χ0n) is 11.1. The van der Waals surface area contributed by atoms with Crippen molar-refractivity contribution in [3.05, 3.63) is 0 Å². The van der Waals surface area contributed by atoms with Crippen molar-refractivity contribution in [2.24, 2.45) is 22.6 Å². The van der Waals surface area contributed by atoms with E-state index in [0.717, 1.165) is 12.8 Å². The van der Waals surface area contributed by atoms with Crippen LogP contribution in [0.3, 0.4) is 0 Å². The number of carbonyl (C=O) groups is 1. The number of hydrogen-bond acceptors (Lipinski definition) is 2. The highest BCUT2D eigenvalue weighted by molar-refractivity contribution is 6.03. The van der Waals surface area contributed by atoms with Gasteiger partial charge in [0.25, 0.3) is 0 Å². The minimum atomic E-state index is -0.277. The first-order valence-corrected chi connectivity index (χ1v) is 6.67. The van der Waals surface area contributed by atoms with Crippen LogP contribution in [-0.4, -0.2) is 28.9 Å². The number of rotatable bonds is 2. The lowest BCUT2D eigenvalue weighted by atomic mass is 9.78. The van der Waals surface area contributed by atoms with E-state index in [-0.39, 0.29) is 18.1 Å². The molecule has 1 saturated carbocycles. The van der Waals surface area contributed by atoms with Gasteiger partial charge in [-0.2, -0.15) is 4.99 Å². The molecule has 0 aromatic carbocycles. The number of nitrogens with zero attached hydrogens (tertiary/aromatic N) is 2. The van der Waals surface area contributed by atoms with Gasteiger partial charge in [0.15, 0.2) is 0 Å². The molecule has 0 aromatic rings. The van der Waals surface area contributed by atoms with Gasteiger partial charge in [-0.3, -0.25) is 4.90 Å². The molecule has 2 N–H and O–H groups in total. The number of amidine groups is 1. The summed E-state index contributed by atoms with van der Waals surface area (Å²) in [6, 6.07) is -0.614. The molecule has 4 atom stereocenters. The lowest BCUT2D eigenvalue weighted by molar-refractivity contribution is 0.153. The zero-order valence-corrected chi connectivity index (χ0v) is 11.1. The fourth-order valence-corrected chi connectivity index (χ4v) is 3.22. The van der Waals surface area contributed by atoms with Crippen molar-refractivity contribution >= 4 is 11.9 Å². The molecule has 98 valence electrons. The van der Waals surface area contributed by atoms with E-state index in [1.54, 1.807) is 4.90 Å². The van der Waals surface area contributed by atoms with Crippen molar-refractivity contribution in [3.8, 4) is 12.3 Å². The average Bonchev–Trinajstić information content (AvgIpc) is 2.63. The van der Waals surface area contributed by atoms with Crippen LogP contribution >= 0.6 is 0 Å². The minimum absolute atomic E-state index is 0.0914. The largest absolute Gasteiger partial charge is 0.385 e. The van der Waals surface area contributed by atoms with Crippen LogP contribution in [-0.2, 0) is 0 Å². The Labute approximate surface area is 109 Å². The normalized spacial score (nSPS) is 34.1. The maximum Gasteiger partial charge on any atom is 0.346 e. The van der Waals surface area contributed by atoms with E-state index in [2.05, 4.69) is 17.8 Å². The number of aliphatic imine (C=N–C) groups is 1. The number of amides is 2. The van der Waals surface area contributed by atoms with Crippen molar-refractivity contribution in [1.29, 1.82) is 0 Å². The van der Waals surface area contributed by atoms with Crippen molar-refractivity contribution in [2.75, 3.05) is 0 Å². The second-order valence-corrected chi connectivity index (χ2v) is 5.55. The summed E-state index contributed by atoms with van der Waals surface area (Å²) in [7, 11) is 0. The number of terminal acetylenes is 1. The fraction of sp³-hybridized carbons (Fsp3) is 0.714. The third-order valence-electron chi connectivity index (χ3n) is 4.13. The molecule has 1 heterocycles. The summed E-state index contributed by atoms with van der Waals surface area (Å²) in [5.41, 5.74) is 5.95. The quantitative estimate of drug-likeness (QED) is 0.759. The molecule has 0 spiro atoms. The summed E-state index contributed by atoms with van der Waals surface area (Å²) in [5, 5.41) is 0. The summed E-state index contributed by atoms with van der Waals surface area (Å²) in [4.78, 5) is 17.5. The molecule has 0 saturated heterocycles. The van der Waals surface area contributed by atoms with Crippen LogP contribution in [0.4, 0.5) is 4.79 Å². The van der Waals surface area contributed by atoms with Gasteiger partial charge in [-0.05, 0) is 31.6 Å². The SMILES string of the molecule is C#CC(C)N1C(=O)N=C(N)C1C1CCCC(C)C1. The summed E-state index contributed by atoms with van der Waals surface area (Å²) < 4.78 is 0. The Balaban J connectivity index is 2.20. The van der Waals surface area contributed by atoms with Crippen LogP contribution < -0.4 is 5.73 Å². The van der Waals surface area contributed by atoms with Gasteiger partial charge in [0, 0.05) is 0 Å². The van der Waals surface area contributed by atoms with E-state index in [0.29, 0.717) is 17.7 Å². The molecule has 0 radical (unpaired) electrons. The molecule has 2 rings (SSSR count). The number of urea groups is 1. The summed E-state index contributed by atoms with van der Waals surface area (Å²) in [6.07, 6.45) is 10.1. The molecule has 1 fully saturated rings. The van der Waals surface area contributed by atoms with E-state index in [1.165, 1.54) is 12.8 Å². The molecule has 1 aliphatic heterocycles. The number of carbonyl (C=O) groups excluding carboxylic acids is 1. The first kappa shape index (κ1) is 12.9. The predicted octanol–water partition coefficient (Wildman–Crippen LogP) is 2.00. The standard InChI is InChI=1S/C14H21N3O/c1-4-10(3)17-12(13(15)16-14(17)18)11-7-5-6-9(2)8-11/h1,9-12H,5-8H2,2-3H3,(H2,15,16,18). The monoisotopic (exact) mass is 247 g/mol. The van der Waals surface area contributed by atoms with Crippen molar-refractivity contribution in [1.82, 2.24) is 4.90 Å². The highest BCUT2D eigenvalue weighted by Crippen LogP contribution is 2.35. The molecule has 18 heavy (non-hydrogen) atoms. The Morgan fingerprint density at radius 2 is 2.28 bits per heavy atom. The number of hydrogen-bond donors (Lipinski definition) is 1. The van der Waals surface area contributed by atoms with Gasteiger partial charge in [0.05, 0.1) is 12.1 Å². The summed E-state index contributed by atoms with van der Waals surface area (Å²) >= 11 is 0. The molecule has 1 aliphatic carbocycles. The van der Waals surface area contributed by atoms with Gasteiger partial charge in [-0.15, -0.1) is 6.42 Å². The first-order valence-electron chi connectivity index (χ1n) is 6.67. The van der Waals surface area contributed by atoms with E-state index in [4.69, 9.17) is 12.2 Å². The molecule has 0 bridgehead atoms. The molecule has 0 aromatic heterocycles. The van der Waals surface area contributed by atoms with Gasteiger partial charge < -0.3 is 5.73 Å². The Morgan fingerprint density at radius 3 is 2.89 bits per heavy atom. The summed E-state index contributed by atoms with van der Waals surface area (Å²) in [5.74, 6) is 4.15. The lowest BCUT2D eigenvalue weighted by Crippen LogP contribution is -2.50. The van der Waals surface area contributed by atoms with Gasteiger partial charge in [-0.25, -0.2) is 4.79 Å². The van der Waals surface area contributed by atoms with Gasteiger partial charge in [0.2, 0.25) is 0 Å². The van der Waals surface area contributed by atoms with E-state index >= 15 is 0 Å². The Morgan fingerprint density at radius 1 is 1.56 bits per heavy atom. The van der Waals surface area contributed by atoms with E-state index < -0.39 is 0 Å². The van der Waals surface area contributed by atoms with E-state index in [9.17, 15) is 4.79 Å². The maximum absolute atomic E-state index is 11.9. The molecule has 2 aliphatic rings. The maximum atomic E-state index is 11.9. The third kappa shape index (κ3) is 2.22. The Kier molecular flexibility index (Phi) is 3.60. The molecular formula is C14H21N3O. The van der Waals surface area contributed by atoms with Crippen LogP contribution in [0.5, 0.6) is 0 Å². The van der Waals surface area contributed by atoms with Crippen LogP contribution in [0.15, 0.2) is 4.99 Å². The van der Waals surface area contributed by atoms with Crippen molar-refractivity contribution in [3.63, 3.8) is 0 Å². The Bertz CT molecular complexity index is 410. The third-order valence-corrected chi connectivity index (χ3v) is 4.13. The molecular weight excluding hydrogens is 226 g/mol. The fourth-order valence-electron chi connectivity index (χ4n) is 3.22.